The molecule has 0 saturated heterocycles. The van der Waals surface area contributed by atoms with Gasteiger partial charge in [0.1, 0.15) is 23.3 Å². The van der Waals surface area contributed by atoms with Crippen LogP contribution in [0.15, 0.2) is 35.4 Å². The summed E-state index contributed by atoms with van der Waals surface area (Å²) >= 11 is 0. The van der Waals surface area contributed by atoms with Crippen LogP contribution < -0.4 is 16.1 Å². The third kappa shape index (κ3) is 2.01. The Labute approximate surface area is 114 Å². The van der Waals surface area contributed by atoms with E-state index in [1.54, 1.807) is 0 Å². The number of hydrogen-bond donors (Lipinski definition) is 1. The molecule has 0 spiro atoms. The molecular weight excluding hydrogens is 259 g/mol. The fraction of sp³-hybridized carbons (Fsp3) is 0.200. The molecule has 20 heavy (non-hydrogen) atoms. The molecule has 5 heteroatoms. The number of aliphatic hydroxyl groups excluding tert-OH is 1. The van der Waals surface area contributed by atoms with Crippen LogP contribution in [0.5, 0.6) is 0 Å². The van der Waals surface area contributed by atoms with Gasteiger partial charge < -0.3 is 5.11 Å². The molecule has 4 nitrogen and oxygen atoms in total. The summed E-state index contributed by atoms with van der Waals surface area (Å²) in [5.74, 6) is -0.140. The zero-order valence-electron chi connectivity index (χ0n) is 10.9. The molecule has 3 rings (SSSR count). The lowest BCUT2D eigenvalue weighted by Gasteiger charge is -2.12. The predicted molar refractivity (Wildman–Crippen MR) is 73.3 cm³/mol. The lowest BCUT2D eigenvalue weighted by molar-refractivity contribution is 0.458. The normalized spacial score (nSPS) is 17.5. The van der Waals surface area contributed by atoms with E-state index in [1.807, 2.05) is 13.0 Å². The average molecular weight is 272 g/mol. The first kappa shape index (κ1) is 12.6. The highest BCUT2D eigenvalue weighted by Crippen LogP contribution is 2.11. The number of rotatable bonds is 1. The highest BCUT2D eigenvalue weighted by Gasteiger charge is 2.13. The summed E-state index contributed by atoms with van der Waals surface area (Å²) < 4.78 is 14.3. The number of aromatic nitrogens is 2. The van der Waals surface area contributed by atoms with Gasteiger partial charge in [0.15, 0.2) is 0 Å². The standard InChI is InChI=1S/C15H13FN2O2/c1-9-6-12-14(13(19)7-9)17-8-18(15(12)20)11-4-2-10(16)3-5-11/h2-6,8-9,19H,7H2,1H3. The van der Waals surface area contributed by atoms with E-state index >= 15 is 0 Å². The van der Waals surface area contributed by atoms with Crippen molar-refractivity contribution in [2.75, 3.05) is 0 Å². The van der Waals surface area contributed by atoms with E-state index < -0.39 is 0 Å². The summed E-state index contributed by atoms with van der Waals surface area (Å²) in [6.45, 7) is 1.92. The molecule has 1 N–H and O–H groups in total. The molecule has 2 aromatic rings. The second-order valence-electron chi connectivity index (χ2n) is 4.95. The van der Waals surface area contributed by atoms with Gasteiger partial charge in [-0.2, -0.15) is 0 Å². The van der Waals surface area contributed by atoms with Crippen molar-refractivity contribution in [1.82, 2.24) is 9.55 Å². The van der Waals surface area contributed by atoms with Crippen molar-refractivity contribution in [3.8, 4) is 5.69 Å². The quantitative estimate of drug-likeness (QED) is 0.837. The maximum absolute atomic E-state index is 12.9. The zero-order chi connectivity index (χ0) is 14.3. The van der Waals surface area contributed by atoms with E-state index in [9.17, 15) is 14.3 Å². The number of halogens is 1. The molecule has 102 valence electrons. The average Bonchev–Trinajstić information content (AvgIpc) is 2.41. The molecule has 0 amide bonds. The van der Waals surface area contributed by atoms with Crippen LogP contribution in [-0.2, 0) is 0 Å². The maximum atomic E-state index is 12.9. The van der Waals surface area contributed by atoms with Crippen molar-refractivity contribution in [2.24, 2.45) is 5.92 Å². The molecule has 0 saturated carbocycles. The Morgan fingerprint density at radius 2 is 2.05 bits per heavy atom. The highest BCUT2D eigenvalue weighted by atomic mass is 19.1. The Kier molecular flexibility index (Phi) is 2.89. The summed E-state index contributed by atoms with van der Waals surface area (Å²) in [6.07, 6.45) is 3.65. The second kappa shape index (κ2) is 4.59. The van der Waals surface area contributed by atoms with Crippen LogP contribution in [-0.4, -0.2) is 14.7 Å². The Balaban J connectivity index is 2.30. The molecule has 1 aromatic heterocycles. The predicted octanol–water partition coefficient (Wildman–Crippen LogP) is 0.858. The van der Waals surface area contributed by atoms with Crippen LogP contribution in [0.3, 0.4) is 0 Å². The van der Waals surface area contributed by atoms with E-state index in [2.05, 4.69) is 4.98 Å². The molecule has 0 aliphatic heterocycles. The topological polar surface area (TPSA) is 55.1 Å². The zero-order valence-corrected chi connectivity index (χ0v) is 10.9. The van der Waals surface area contributed by atoms with Gasteiger partial charge in [0.05, 0.1) is 10.9 Å². The van der Waals surface area contributed by atoms with Crippen LogP contribution in [0.2, 0.25) is 0 Å². The lowest BCUT2D eigenvalue weighted by atomic mass is 10.0. The largest absolute Gasteiger partial charge is 0.510 e. The molecule has 1 atom stereocenters. The Morgan fingerprint density at radius 1 is 1.35 bits per heavy atom. The number of benzene rings is 1. The summed E-state index contributed by atoms with van der Waals surface area (Å²) in [4.78, 5) is 16.6. The number of hydrogen-bond acceptors (Lipinski definition) is 3. The van der Waals surface area contributed by atoms with Gasteiger partial charge in [-0.1, -0.05) is 13.0 Å². The van der Waals surface area contributed by atoms with Gasteiger partial charge in [0.2, 0.25) is 0 Å². The lowest BCUT2D eigenvalue weighted by Crippen LogP contribution is -2.49. The number of fused-ring (bicyclic) bond motifs is 1. The molecule has 1 heterocycles. The third-order valence-electron chi connectivity index (χ3n) is 3.35. The van der Waals surface area contributed by atoms with Gasteiger partial charge in [0, 0.05) is 6.42 Å². The van der Waals surface area contributed by atoms with Crippen LogP contribution >= 0.6 is 0 Å². The van der Waals surface area contributed by atoms with E-state index in [4.69, 9.17) is 0 Å². The molecule has 1 aliphatic carbocycles. The van der Waals surface area contributed by atoms with Crippen molar-refractivity contribution < 1.29 is 9.50 Å². The van der Waals surface area contributed by atoms with E-state index in [-0.39, 0.29) is 23.1 Å². The van der Waals surface area contributed by atoms with Gasteiger partial charge in [-0.3, -0.25) is 9.36 Å². The van der Waals surface area contributed by atoms with Crippen molar-refractivity contribution in [3.63, 3.8) is 0 Å². The second-order valence-corrected chi connectivity index (χ2v) is 4.95. The Hall–Kier alpha value is -2.43. The molecule has 0 radical (unpaired) electrons. The summed E-state index contributed by atoms with van der Waals surface area (Å²) in [5, 5.41) is 10.6. The molecule has 0 fully saturated rings. The van der Waals surface area contributed by atoms with Gasteiger partial charge in [-0.15, -0.1) is 0 Å². The molecule has 0 bridgehead atoms. The van der Waals surface area contributed by atoms with Gasteiger partial charge in [-0.25, -0.2) is 9.37 Å². The molecule has 1 unspecified atom stereocenters. The Morgan fingerprint density at radius 3 is 2.75 bits per heavy atom. The SMILES string of the molecule is CC1C=c2c(ncn(-c3ccc(F)cc3)c2=O)=C(O)C1. The van der Waals surface area contributed by atoms with Crippen LogP contribution in [0, 0.1) is 11.7 Å². The minimum atomic E-state index is -0.362. The molecule has 1 aliphatic rings. The first-order valence-electron chi connectivity index (χ1n) is 6.34. The summed E-state index contributed by atoms with van der Waals surface area (Å²) in [5.41, 5.74) is 0.275. The number of nitrogens with zero attached hydrogens (tertiary/aromatic N) is 2. The van der Waals surface area contributed by atoms with Crippen molar-refractivity contribution in [1.29, 1.82) is 0 Å². The van der Waals surface area contributed by atoms with Crippen molar-refractivity contribution >= 4 is 11.8 Å². The Bertz CT molecular complexity index is 838. The van der Waals surface area contributed by atoms with Gasteiger partial charge in [0.25, 0.3) is 5.56 Å². The van der Waals surface area contributed by atoms with Gasteiger partial charge in [-0.05, 0) is 30.2 Å². The first-order chi connectivity index (χ1) is 9.56. The van der Waals surface area contributed by atoms with Crippen molar-refractivity contribution in [2.45, 2.75) is 13.3 Å². The minimum absolute atomic E-state index is 0.0843. The van der Waals surface area contributed by atoms with Crippen molar-refractivity contribution in [3.05, 3.63) is 57.3 Å². The molecule has 1 aromatic carbocycles. The highest BCUT2D eigenvalue weighted by molar-refractivity contribution is 5.44. The monoisotopic (exact) mass is 272 g/mol. The summed E-state index contributed by atoms with van der Waals surface area (Å²) in [7, 11) is 0. The van der Waals surface area contributed by atoms with E-state index in [0.717, 1.165) is 0 Å². The van der Waals surface area contributed by atoms with E-state index in [1.165, 1.54) is 35.2 Å². The molecular formula is C15H13FN2O2. The fourth-order valence-corrected chi connectivity index (χ4v) is 2.38. The maximum Gasteiger partial charge on any atom is 0.265 e. The summed E-state index contributed by atoms with van der Waals surface area (Å²) in [6, 6.07) is 5.61. The minimum Gasteiger partial charge on any atom is -0.510 e. The fourth-order valence-electron chi connectivity index (χ4n) is 2.38. The van der Waals surface area contributed by atoms with E-state index in [0.29, 0.717) is 22.7 Å². The smallest absolute Gasteiger partial charge is 0.265 e. The number of aliphatic hydroxyl groups is 1. The van der Waals surface area contributed by atoms with Crippen LogP contribution in [0.25, 0.3) is 17.5 Å². The van der Waals surface area contributed by atoms with Crippen LogP contribution in [0.4, 0.5) is 4.39 Å². The van der Waals surface area contributed by atoms with Crippen LogP contribution in [0.1, 0.15) is 13.3 Å². The third-order valence-corrected chi connectivity index (χ3v) is 3.35. The first-order valence-corrected chi connectivity index (χ1v) is 6.34. The van der Waals surface area contributed by atoms with Gasteiger partial charge >= 0.3 is 0 Å².